The Morgan fingerprint density at radius 2 is 1.72 bits per heavy atom. The second-order valence-electron chi connectivity index (χ2n) is 4.22. The third-order valence-corrected chi connectivity index (χ3v) is 3.62. The van der Waals surface area contributed by atoms with Crippen LogP contribution in [-0.2, 0) is 6.42 Å². The molecule has 1 aromatic carbocycles. The lowest BCUT2D eigenvalue weighted by atomic mass is 10.1. The molecule has 94 valence electrons. The smallest absolute Gasteiger partial charge is 0.160 e. The van der Waals surface area contributed by atoms with E-state index in [4.69, 9.17) is 5.73 Å². The monoisotopic (exact) mass is 305 g/mol. The molecule has 0 bridgehead atoms. The van der Waals surface area contributed by atoms with Gasteiger partial charge in [0.1, 0.15) is 0 Å². The van der Waals surface area contributed by atoms with E-state index in [0.717, 1.165) is 39.2 Å². The van der Waals surface area contributed by atoms with Crippen molar-refractivity contribution in [1.82, 2.24) is 9.97 Å². The van der Waals surface area contributed by atoms with Crippen molar-refractivity contribution < 1.29 is 0 Å². The summed E-state index contributed by atoms with van der Waals surface area (Å²) in [4.78, 5) is 9.17. The number of nitrogens with two attached hydrogens (primary N) is 1. The molecule has 2 N–H and O–H groups in total. The van der Waals surface area contributed by atoms with Gasteiger partial charge in [-0.2, -0.15) is 0 Å². The van der Waals surface area contributed by atoms with Crippen molar-refractivity contribution in [3.8, 4) is 11.4 Å². The van der Waals surface area contributed by atoms with Crippen LogP contribution in [0.5, 0.6) is 0 Å². The van der Waals surface area contributed by atoms with Gasteiger partial charge in [0.05, 0.1) is 0 Å². The Hall–Kier alpha value is -1.26. The fourth-order valence-electron chi connectivity index (χ4n) is 2.01. The van der Waals surface area contributed by atoms with Gasteiger partial charge in [0.15, 0.2) is 5.82 Å². The molecule has 3 nitrogen and oxygen atoms in total. The molecule has 4 heteroatoms. The topological polar surface area (TPSA) is 51.8 Å². The molecule has 0 saturated carbocycles. The lowest BCUT2D eigenvalue weighted by Crippen LogP contribution is -2.09. The fourth-order valence-corrected chi connectivity index (χ4v) is 2.47. The summed E-state index contributed by atoms with van der Waals surface area (Å²) in [6, 6.07) is 7.98. The molecule has 1 heterocycles. The number of benzene rings is 1. The Morgan fingerprint density at radius 3 is 2.28 bits per heavy atom. The normalized spacial score (nSPS) is 10.7. The number of aromatic nitrogens is 2. The number of hydrogen-bond donors (Lipinski definition) is 1. The van der Waals surface area contributed by atoms with Gasteiger partial charge in [-0.1, -0.05) is 34.1 Å². The quantitative estimate of drug-likeness (QED) is 0.948. The Morgan fingerprint density at radius 1 is 1.11 bits per heavy atom. The van der Waals surface area contributed by atoms with Crippen LogP contribution in [0, 0.1) is 13.8 Å². The van der Waals surface area contributed by atoms with E-state index in [9.17, 15) is 0 Å². The predicted octanol–water partition coefficient (Wildman–Crippen LogP) is 3.02. The fraction of sp³-hybridized carbons (Fsp3) is 0.286. The van der Waals surface area contributed by atoms with E-state index in [1.54, 1.807) is 0 Å². The van der Waals surface area contributed by atoms with Crippen molar-refractivity contribution in [2.45, 2.75) is 20.3 Å². The minimum Gasteiger partial charge on any atom is -0.330 e. The van der Waals surface area contributed by atoms with Crippen molar-refractivity contribution in [1.29, 1.82) is 0 Å². The van der Waals surface area contributed by atoms with Gasteiger partial charge in [-0.3, -0.25) is 0 Å². The highest BCUT2D eigenvalue weighted by Gasteiger charge is 2.11. The van der Waals surface area contributed by atoms with Crippen LogP contribution in [0.25, 0.3) is 11.4 Å². The molecule has 0 atom stereocenters. The van der Waals surface area contributed by atoms with Crippen molar-refractivity contribution in [3.63, 3.8) is 0 Å². The van der Waals surface area contributed by atoms with Crippen LogP contribution in [0.1, 0.15) is 17.0 Å². The molecule has 0 aliphatic carbocycles. The molecule has 0 amide bonds. The van der Waals surface area contributed by atoms with E-state index in [0.29, 0.717) is 6.54 Å². The Kier molecular flexibility index (Phi) is 4.09. The first-order valence-electron chi connectivity index (χ1n) is 5.92. The van der Waals surface area contributed by atoms with Gasteiger partial charge in [0.2, 0.25) is 0 Å². The number of hydrogen-bond acceptors (Lipinski definition) is 3. The van der Waals surface area contributed by atoms with Crippen molar-refractivity contribution in [2.24, 2.45) is 5.73 Å². The van der Waals surface area contributed by atoms with Crippen LogP contribution >= 0.6 is 15.9 Å². The zero-order valence-electron chi connectivity index (χ0n) is 10.6. The average molecular weight is 306 g/mol. The van der Waals surface area contributed by atoms with Gasteiger partial charge in [-0.25, -0.2) is 9.97 Å². The molecule has 1 aromatic heterocycles. The maximum atomic E-state index is 5.61. The van der Waals surface area contributed by atoms with Gasteiger partial charge >= 0.3 is 0 Å². The summed E-state index contributed by atoms with van der Waals surface area (Å²) in [5.74, 6) is 0.762. The molecule has 0 fully saturated rings. The first kappa shape index (κ1) is 13.2. The summed E-state index contributed by atoms with van der Waals surface area (Å²) in [5.41, 5.74) is 9.81. The summed E-state index contributed by atoms with van der Waals surface area (Å²) in [6.07, 6.45) is 0.827. The van der Waals surface area contributed by atoms with E-state index >= 15 is 0 Å². The zero-order chi connectivity index (χ0) is 13.1. The third kappa shape index (κ3) is 2.60. The molecule has 2 rings (SSSR count). The average Bonchev–Trinajstić information content (AvgIpc) is 2.34. The molecule has 0 saturated heterocycles. The maximum absolute atomic E-state index is 5.61. The van der Waals surface area contributed by atoms with Crippen molar-refractivity contribution >= 4 is 15.9 Å². The molecule has 0 radical (unpaired) electrons. The number of halogens is 1. The highest BCUT2D eigenvalue weighted by molar-refractivity contribution is 9.10. The van der Waals surface area contributed by atoms with Crippen LogP contribution in [-0.4, -0.2) is 16.5 Å². The first-order chi connectivity index (χ1) is 8.63. The molecule has 18 heavy (non-hydrogen) atoms. The minimum atomic E-state index is 0.624. The Labute approximate surface area is 116 Å². The van der Waals surface area contributed by atoms with Crippen LogP contribution in [0.2, 0.25) is 0 Å². The van der Waals surface area contributed by atoms with Gasteiger partial charge in [0.25, 0.3) is 0 Å². The standard InChI is InChI=1S/C14H16BrN3/c1-9-11(7-8-16)10(2)18-14(17-9)12-5-3-4-6-13(12)15/h3-6H,7-8,16H2,1-2H3. The molecule has 0 spiro atoms. The first-order valence-corrected chi connectivity index (χ1v) is 6.72. The number of aryl methyl sites for hydroxylation is 2. The predicted molar refractivity (Wildman–Crippen MR) is 77.4 cm³/mol. The van der Waals surface area contributed by atoms with E-state index in [-0.39, 0.29) is 0 Å². The van der Waals surface area contributed by atoms with Crippen LogP contribution in [0.4, 0.5) is 0 Å². The second-order valence-corrected chi connectivity index (χ2v) is 5.07. The minimum absolute atomic E-state index is 0.624. The van der Waals surface area contributed by atoms with Gasteiger partial charge in [-0.15, -0.1) is 0 Å². The van der Waals surface area contributed by atoms with E-state index < -0.39 is 0 Å². The lowest BCUT2D eigenvalue weighted by molar-refractivity contribution is 0.898. The Bertz CT molecular complexity index is 544. The summed E-state index contributed by atoms with van der Waals surface area (Å²) >= 11 is 3.53. The van der Waals surface area contributed by atoms with Crippen molar-refractivity contribution in [2.75, 3.05) is 6.54 Å². The van der Waals surface area contributed by atoms with E-state index in [1.807, 2.05) is 38.1 Å². The summed E-state index contributed by atoms with van der Waals surface area (Å²) in [5, 5.41) is 0. The molecule has 0 aliphatic rings. The molecule has 2 aromatic rings. The van der Waals surface area contributed by atoms with Gasteiger partial charge in [-0.05, 0) is 38.4 Å². The van der Waals surface area contributed by atoms with Crippen LogP contribution < -0.4 is 5.73 Å². The molecular formula is C14H16BrN3. The molecule has 0 unspecified atom stereocenters. The van der Waals surface area contributed by atoms with Crippen LogP contribution in [0.15, 0.2) is 28.7 Å². The van der Waals surface area contributed by atoms with E-state index in [2.05, 4.69) is 25.9 Å². The summed E-state index contributed by atoms with van der Waals surface area (Å²) < 4.78 is 1.01. The summed E-state index contributed by atoms with van der Waals surface area (Å²) in [7, 11) is 0. The lowest BCUT2D eigenvalue weighted by Gasteiger charge is -2.10. The van der Waals surface area contributed by atoms with Gasteiger partial charge < -0.3 is 5.73 Å². The second kappa shape index (κ2) is 5.59. The van der Waals surface area contributed by atoms with Crippen LogP contribution in [0.3, 0.4) is 0 Å². The summed E-state index contributed by atoms with van der Waals surface area (Å²) in [6.45, 7) is 4.65. The molecular weight excluding hydrogens is 290 g/mol. The van der Waals surface area contributed by atoms with Gasteiger partial charge in [0, 0.05) is 21.4 Å². The largest absolute Gasteiger partial charge is 0.330 e. The van der Waals surface area contributed by atoms with E-state index in [1.165, 1.54) is 0 Å². The highest BCUT2D eigenvalue weighted by atomic mass is 79.9. The maximum Gasteiger partial charge on any atom is 0.160 e. The number of nitrogens with zero attached hydrogens (tertiary/aromatic N) is 2. The number of rotatable bonds is 3. The molecule has 0 aliphatic heterocycles. The third-order valence-electron chi connectivity index (χ3n) is 2.93. The van der Waals surface area contributed by atoms with Crippen molar-refractivity contribution in [3.05, 3.63) is 45.7 Å². The SMILES string of the molecule is Cc1nc(-c2ccccc2Br)nc(C)c1CCN. The Balaban J connectivity index is 2.52. The highest BCUT2D eigenvalue weighted by Crippen LogP contribution is 2.26. The zero-order valence-corrected chi connectivity index (χ0v) is 12.2.